The van der Waals surface area contributed by atoms with Crippen molar-refractivity contribution in [1.82, 2.24) is 19.7 Å². The van der Waals surface area contributed by atoms with E-state index in [1.165, 1.54) is 4.57 Å². The van der Waals surface area contributed by atoms with Gasteiger partial charge in [0.15, 0.2) is 5.82 Å². The monoisotopic (exact) mass is 498 g/mol. The van der Waals surface area contributed by atoms with Crippen molar-refractivity contribution in [2.24, 2.45) is 0 Å². The second-order valence-corrected chi connectivity index (χ2v) is 8.19. The molecule has 2 aromatic heterocycles. The molecule has 2 heterocycles. The molecule has 0 aliphatic rings. The van der Waals surface area contributed by atoms with Crippen molar-refractivity contribution in [3.63, 3.8) is 0 Å². The second-order valence-electron chi connectivity index (χ2n) is 8.19. The molecule has 0 fully saturated rings. The summed E-state index contributed by atoms with van der Waals surface area (Å²) in [4.78, 5) is 40.3. The Bertz CT molecular complexity index is 1380. The molecule has 37 heavy (non-hydrogen) atoms. The lowest BCUT2D eigenvalue weighted by molar-refractivity contribution is -0.115. The van der Waals surface area contributed by atoms with Crippen molar-refractivity contribution in [3.05, 3.63) is 107 Å². The summed E-state index contributed by atoms with van der Waals surface area (Å²) in [7, 11) is 0. The van der Waals surface area contributed by atoms with Crippen molar-refractivity contribution in [1.29, 1.82) is 0 Å². The number of hydrogen-bond acceptors (Lipinski definition) is 7. The summed E-state index contributed by atoms with van der Waals surface area (Å²) in [5, 5.41) is 13.4. The molecule has 0 spiro atoms. The zero-order valence-electron chi connectivity index (χ0n) is 20.0. The quantitative estimate of drug-likeness (QED) is 0.318. The van der Waals surface area contributed by atoms with Crippen LogP contribution in [0.4, 0.5) is 16.4 Å². The van der Waals surface area contributed by atoms with Crippen molar-refractivity contribution in [2.45, 2.75) is 32.2 Å². The number of anilines is 2. The van der Waals surface area contributed by atoms with E-state index in [-0.39, 0.29) is 18.1 Å². The number of carbonyl (C=O) groups excluding carboxylic acids is 2. The van der Waals surface area contributed by atoms with Crippen LogP contribution in [0.25, 0.3) is 0 Å². The van der Waals surface area contributed by atoms with Gasteiger partial charge in [0.2, 0.25) is 5.91 Å². The first-order valence-corrected chi connectivity index (χ1v) is 11.8. The molecule has 2 aromatic carbocycles. The highest BCUT2D eigenvalue weighted by molar-refractivity contribution is 5.91. The lowest BCUT2D eigenvalue weighted by atomic mass is 10.1. The van der Waals surface area contributed by atoms with Crippen LogP contribution < -0.4 is 21.1 Å². The highest BCUT2D eigenvalue weighted by Gasteiger charge is 2.08. The Kier molecular flexibility index (Phi) is 8.68. The highest BCUT2D eigenvalue weighted by atomic mass is 16.6. The minimum Gasteiger partial charge on any atom is -0.410 e. The minimum atomic E-state index is -0.723. The van der Waals surface area contributed by atoms with Gasteiger partial charge in [0.1, 0.15) is 11.6 Å². The zero-order valence-corrected chi connectivity index (χ0v) is 20.0. The first kappa shape index (κ1) is 25.2. The van der Waals surface area contributed by atoms with Gasteiger partial charge in [0.05, 0.1) is 12.1 Å². The van der Waals surface area contributed by atoms with Crippen LogP contribution in [0.1, 0.15) is 24.1 Å². The summed E-state index contributed by atoms with van der Waals surface area (Å²) < 4.78 is 6.61. The van der Waals surface area contributed by atoms with Crippen LogP contribution in [0, 0.1) is 0 Å². The maximum Gasteiger partial charge on any atom is 0.418 e. The van der Waals surface area contributed by atoms with Gasteiger partial charge in [0.25, 0.3) is 0 Å². The number of para-hydroxylation sites is 1. The molecular formula is C27H26N6O4. The number of hydrogen-bond donors (Lipinski definition) is 2. The molecular weight excluding hydrogens is 472 g/mol. The molecule has 4 rings (SSSR count). The number of nitrogens with one attached hydrogen (secondary N) is 2. The Labute approximate surface area is 213 Å². The maximum atomic E-state index is 12.3. The van der Waals surface area contributed by atoms with Gasteiger partial charge in [-0.3, -0.25) is 14.7 Å². The summed E-state index contributed by atoms with van der Waals surface area (Å²) in [5.74, 6) is 0.763. The van der Waals surface area contributed by atoms with Crippen molar-refractivity contribution < 1.29 is 14.3 Å². The van der Waals surface area contributed by atoms with Crippen LogP contribution in [-0.4, -0.2) is 31.7 Å². The molecule has 0 radical (unpaired) electrons. The molecule has 0 saturated carbocycles. The summed E-state index contributed by atoms with van der Waals surface area (Å²) in [5.41, 5.74) is 1.26. The Morgan fingerprint density at radius 3 is 2.27 bits per heavy atom. The fraction of sp³-hybridized carbons (Fsp3) is 0.185. The molecule has 0 bridgehead atoms. The van der Waals surface area contributed by atoms with Gasteiger partial charge in [-0.2, -0.15) is 10.1 Å². The third-order valence-corrected chi connectivity index (χ3v) is 5.33. The van der Waals surface area contributed by atoms with E-state index < -0.39 is 11.8 Å². The molecule has 2 amide bonds. The van der Waals surface area contributed by atoms with Crippen LogP contribution >= 0.6 is 0 Å². The lowest BCUT2D eigenvalue weighted by Crippen LogP contribution is -2.25. The van der Waals surface area contributed by atoms with Gasteiger partial charge in [-0.1, -0.05) is 48.5 Å². The van der Waals surface area contributed by atoms with Gasteiger partial charge >= 0.3 is 11.8 Å². The molecule has 4 aromatic rings. The number of carbonyl (C=O) groups is 2. The van der Waals surface area contributed by atoms with Crippen LogP contribution in [-0.2, 0) is 24.2 Å². The van der Waals surface area contributed by atoms with Crippen LogP contribution in [0.3, 0.4) is 0 Å². The van der Waals surface area contributed by atoms with E-state index in [1.807, 2.05) is 42.5 Å². The number of benzene rings is 2. The van der Waals surface area contributed by atoms with E-state index in [4.69, 9.17) is 4.74 Å². The van der Waals surface area contributed by atoms with Crippen molar-refractivity contribution in [3.8, 4) is 5.75 Å². The normalized spacial score (nSPS) is 10.5. The summed E-state index contributed by atoms with van der Waals surface area (Å²) in [6.07, 6.45) is 3.32. The number of nitrogens with zero attached hydrogens (tertiary/aromatic N) is 4. The SMILES string of the molecule is O=C(Cc1ccccc1)Nc1ccc(CCCCn2ccc(NC(=O)Oc3ccccc3)nc2=O)nn1. The third-order valence-electron chi connectivity index (χ3n) is 5.33. The average Bonchev–Trinajstić information content (AvgIpc) is 2.89. The van der Waals surface area contributed by atoms with Crippen LogP contribution in [0.15, 0.2) is 89.9 Å². The van der Waals surface area contributed by atoms with Crippen molar-refractivity contribution in [2.75, 3.05) is 10.6 Å². The minimum absolute atomic E-state index is 0.119. The van der Waals surface area contributed by atoms with E-state index in [9.17, 15) is 14.4 Å². The average molecular weight is 499 g/mol. The van der Waals surface area contributed by atoms with Gasteiger partial charge in [-0.25, -0.2) is 9.59 Å². The summed E-state index contributed by atoms with van der Waals surface area (Å²) >= 11 is 0. The van der Waals surface area contributed by atoms with E-state index in [1.54, 1.807) is 42.6 Å². The summed E-state index contributed by atoms with van der Waals surface area (Å²) in [6.45, 7) is 0.474. The number of amides is 2. The highest BCUT2D eigenvalue weighted by Crippen LogP contribution is 2.10. The van der Waals surface area contributed by atoms with E-state index in [0.717, 1.165) is 24.1 Å². The number of rotatable bonds is 10. The van der Waals surface area contributed by atoms with Gasteiger partial charge in [-0.05, 0) is 55.2 Å². The molecule has 2 N–H and O–H groups in total. The van der Waals surface area contributed by atoms with Crippen molar-refractivity contribution >= 4 is 23.6 Å². The predicted molar refractivity (Wildman–Crippen MR) is 138 cm³/mol. The number of unbranched alkanes of at least 4 members (excludes halogenated alkanes) is 1. The molecule has 0 saturated heterocycles. The molecule has 10 heteroatoms. The fourth-order valence-corrected chi connectivity index (χ4v) is 3.51. The Hall–Kier alpha value is -4.86. The smallest absolute Gasteiger partial charge is 0.410 e. The largest absolute Gasteiger partial charge is 0.418 e. The first-order valence-electron chi connectivity index (χ1n) is 11.8. The lowest BCUT2D eigenvalue weighted by Gasteiger charge is -2.08. The molecule has 0 aliphatic carbocycles. The van der Waals surface area contributed by atoms with Gasteiger partial charge < -0.3 is 10.1 Å². The Morgan fingerprint density at radius 2 is 1.57 bits per heavy atom. The predicted octanol–water partition coefficient (Wildman–Crippen LogP) is 3.85. The van der Waals surface area contributed by atoms with E-state index in [0.29, 0.717) is 24.5 Å². The van der Waals surface area contributed by atoms with Crippen LogP contribution in [0.2, 0.25) is 0 Å². The van der Waals surface area contributed by atoms with E-state index >= 15 is 0 Å². The summed E-state index contributed by atoms with van der Waals surface area (Å²) in [6, 6.07) is 23.2. The third kappa shape index (κ3) is 8.10. The number of aromatic nitrogens is 4. The van der Waals surface area contributed by atoms with Gasteiger partial charge in [0, 0.05) is 12.7 Å². The first-order chi connectivity index (χ1) is 18.0. The molecule has 188 valence electrons. The zero-order chi connectivity index (χ0) is 25.9. The molecule has 10 nitrogen and oxygen atoms in total. The molecule has 0 aliphatic heterocycles. The Balaban J connectivity index is 1.18. The molecule has 0 unspecified atom stereocenters. The standard InChI is InChI=1S/C27H26N6O4/c34-25(19-20-9-3-1-4-10-20)28-24-15-14-21(31-32-24)11-7-8-17-33-18-16-23(29-26(33)35)30-27(36)37-22-12-5-2-6-13-22/h1-6,9-10,12-16,18H,7-8,11,17,19H2,(H,28,32,34)(H,29,30,35,36). The van der Waals surface area contributed by atoms with Crippen LogP contribution in [0.5, 0.6) is 5.75 Å². The Morgan fingerprint density at radius 1 is 0.811 bits per heavy atom. The fourth-order valence-electron chi connectivity index (χ4n) is 3.51. The maximum absolute atomic E-state index is 12.3. The topological polar surface area (TPSA) is 128 Å². The second kappa shape index (κ2) is 12.7. The molecule has 0 atom stereocenters. The van der Waals surface area contributed by atoms with E-state index in [2.05, 4.69) is 25.8 Å². The number of ether oxygens (including phenoxy) is 1. The number of aryl methyl sites for hydroxylation is 2. The van der Waals surface area contributed by atoms with Gasteiger partial charge in [-0.15, -0.1) is 5.10 Å².